The first-order valence-electron chi connectivity index (χ1n) is 9.11. The van der Waals surface area contributed by atoms with Crippen LogP contribution in [0.25, 0.3) is 0 Å². The second kappa shape index (κ2) is 8.06. The van der Waals surface area contributed by atoms with E-state index in [4.69, 9.17) is 0 Å². The van der Waals surface area contributed by atoms with Gasteiger partial charge >= 0.3 is 0 Å². The zero-order valence-corrected chi connectivity index (χ0v) is 15.1. The van der Waals surface area contributed by atoms with Crippen molar-refractivity contribution in [2.75, 3.05) is 28.6 Å². The molecule has 2 aromatic rings. The Bertz CT molecular complexity index is 705. The van der Waals surface area contributed by atoms with Gasteiger partial charge in [0.05, 0.1) is 0 Å². The minimum atomic E-state index is -0.302. The fourth-order valence-corrected chi connectivity index (χ4v) is 3.21. The SMILES string of the molecule is Cc1cccc(NC(C)C(=O)Nc2ccc(N3CCCCC3)cc2)c1. The zero-order chi connectivity index (χ0) is 17.6. The van der Waals surface area contributed by atoms with E-state index in [1.54, 1.807) is 0 Å². The predicted molar refractivity (Wildman–Crippen MR) is 105 cm³/mol. The average Bonchev–Trinajstić information content (AvgIpc) is 2.63. The lowest BCUT2D eigenvalue weighted by Gasteiger charge is -2.28. The Balaban J connectivity index is 1.56. The predicted octanol–water partition coefficient (Wildman–Crippen LogP) is 4.42. The Labute approximate surface area is 150 Å². The first kappa shape index (κ1) is 17.3. The van der Waals surface area contributed by atoms with Gasteiger partial charge in [-0.2, -0.15) is 0 Å². The van der Waals surface area contributed by atoms with Crippen molar-refractivity contribution < 1.29 is 4.79 Å². The van der Waals surface area contributed by atoms with Crippen LogP contribution < -0.4 is 15.5 Å². The van der Waals surface area contributed by atoms with Gasteiger partial charge in [0.1, 0.15) is 6.04 Å². The van der Waals surface area contributed by atoms with Crippen molar-refractivity contribution in [2.24, 2.45) is 0 Å². The minimum absolute atomic E-state index is 0.0350. The lowest BCUT2D eigenvalue weighted by molar-refractivity contribution is -0.116. The van der Waals surface area contributed by atoms with Crippen LogP contribution in [-0.2, 0) is 4.79 Å². The maximum absolute atomic E-state index is 12.4. The minimum Gasteiger partial charge on any atom is -0.374 e. The summed E-state index contributed by atoms with van der Waals surface area (Å²) in [6, 6.07) is 15.9. The van der Waals surface area contributed by atoms with Crippen molar-refractivity contribution in [1.82, 2.24) is 0 Å². The Kier molecular flexibility index (Phi) is 5.59. The van der Waals surface area contributed by atoms with Crippen LogP contribution in [0.3, 0.4) is 0 Å². The van der Waals surface area contributed by atoms with E-state index in [0.29, 0.717) is 0 Å². The number of carbonyl (C=O) groups is 1. The molecular weight excluding hydrogens is 310 g/mol. The maximum atomic E-state index is 12.4. The molecule has 2 N–H and O–H groups in total. The highest BCUT2D eigenvalue weighted by atomic mass is 16.2. The van der Waals surface area contributed by atoms with E-state index in [-0.39, 0.29) is 11.9 Å². The summed E-state index contributed by atoms with van der Waals surface area (Å²) in [5, 5.41) is 6.23. The maximum Gasteiger partial charge on any atom is 0.246 e. The molecular formula is C21H27N3O. The quantitative estimate of drug-likeness (QED) is 0.848. The third-order valence-corrected chi connectivity index (χ3v) is 4.65. The van der Waals surface area contributed by atoms with Gasteiger partial charge in [-0.15, -0.1) is 0 Å². The summed E-state index contributed by atoms with van der Waals surface area (Å²) >= 11 is 0. The molecule has 3 rings (SSSR count). The molecule has 1 unspecified atom stereocenters. The van der Waals surface area contributed by atoms with Gasteiger partial charge in [-0.05, 0) is 75.1 Å². The summed E-state index contributed by atoms with van der Waals surface area (Å²) in [5.74, 6) is -0.0350. The molecule has 1 saturated heterocycles. The smallest absolute Gasteiger partial charge is 0.246 e. The number of benzene rings is 2. The summed E-state index contributed by atoms with van der Waals surface area (Å²) in [4.78, 5) is 14.8. The number of hydrogen-bond donors (Lipinski definition) is 2. The first-order valence-corrected chi connectivity index (χ1v) is 9.11. The van der Waals surface area contributed by atoms with Crippen LogP contribution in [0.15, 0.2) is 48.5 Å². The number of piperidine rings is 1. The highest BCUT2D eigenvalue weighted by Gasteiger charge is 2.14. The molecule has 0 spiro atoms. The number of nitrogens with one attached hydrogen (secondary N) is 2. The van der Waals surface area contributed by atoms with Gasteiger partial charge in [0, 0.05) is 30.2 Å². The summed E-state index contributed by atoms with van der Waals surface area (Å²) in [7, 11) is 0. The van der Waals surface area contributed by atoms with Gasteiger partial charge < -0.3 is 15.5 Å². The molecule has 1 amide bonds. The molecule has 2 aromatic carbocycles. The average molecular weight is 337 g/mol. The van der Waals surface area contributed by atoms with E-state index in [0.717, 1.165) is 24.5 Å². The van der Waals surface area contributed by atoms with Crippen molar-refractivity contribution >= 4 is 23.0 Å². The van der Waals surface area contributed by atoms with Crippen LogP contribution in [0.4, 0.5) is 17.1 Å². The molecule has 4 nitrogen and oxygen atoms in total. The molecule has 1 aliphatic heterocycles. The summed E-state index contributed by atoms with van der Waals surface area (Å²) in [6.07, 6.45) is 3.86. The molecule has 0 saturated carbocycles. The molecule has 1 heterocycles. The largest absolute Gasteiger partial charge is 0.374 e. The standard InChI is InChI=1S/C21H27N3O/c1-16-7-6-8-19(15-16)22-17(2)21(25)23-18-9-11-20(12-10-18)24-13-4-3-5-14-24/h6-12,15,17,22H,3-5,13-14H2,1-2H3,(H,23,25). The van der Waals surface area contributed by atoms with Gasteiger partial charge in [0.25, 0.3) is 0 Å². The van der Waals surface area contributed by atoms with Gasteiger partial charge in [-0.3, -0.25) is 4.79 Å². The summed E-state index contributed by atoms with van der Waals surface area (Å²) in [6.45, 7) is 6.17. The van der Waals surface area contributed by atoms with Gasteiger partial charge in [0.15, 0.2) is 0 Å². The normalized spacial score (nSPS) is 15.5. The molecule has 0 aliphatic carbocycles. The second-order valence-electron chi connectivity index (χ2n) is 6.82. The topological polar surface area (TPSA) is 44.4 Å². The highest BCUT2D eigenvalue weighted by molar-refractivity contribution is 5.96. The number of aryl methyl sites for hydroxylation is 1. The van der Waals surface area contributed by atoms with E-state index in [1.807, 2.05) is 50.2 Å². The number of carbonyl (C=O) groups excluding carboxylic acids is 1. The fraction of sp³-hybridized carbons (Fsp3) is 0.381. The number of rotatable bonds is 5. The van der Waals surface area contributed by atoms with Crippen LogP contribution >= 0.6 is 0 Å². The molecule has 1 fully saturated rings. The number of anilines is 3. The molecule has 25 heavy (non-hydrogen) atoms. The Morgan fingerprint density at radius 3 is 2.40 bits per heavy atom. The molecule has 0 bridgehead atoms. The van der Waals surface area contributed by atoms with E-state index in [9.17, 15) is 4.79 Å². The molecule has 0 aromatic heterocycles. The number of amides is 1. The highest BCUT2D eigenvalue weighted by Crippen LogP contribution is 2.22. The molecule has 1 aliphatic rings. The van der Waals surface area contributed by atoms with Crippen molar-refractivity contribution in [3.8, 4) is 0 Å². The van der Waals surface area contributed by atoms with Crippen LogP contribution in [0.5, 0.6) is 0 Å². The third kappa shape index (κ3) is 4.75. The molecule has 132 valence electrons. The zero-order valence-electron chi connectivity index (χ0n) is 15.1. The van der Waals surface area contributed by atoms with Gasteiger partial charge in [-0.25, -0.2) is 0 Å². The fourth-order valence-electron chi connectivity index (χ4n) is 3.21. The molecule has 1 atom stereocenters. The summed E-state index contributed by atoms with van der Waals surface area (Å²) < 4.78 is 0. The number of hydrogen-bond acceptors (Lipinski definition) is 3. The van der Waals surface area contributed by atoms with Crippen molar-refractivity contribution in [3.05, 3.63) is 54.1 Å². The molecule has 4 heteroatoms. The van der Waals surface area contributed by atoms with Crippen LogP contribution in [0.1, 0.15) is 31.7 Å². The van der Waals surface area contributed by atoms with E-state index < -0.39 is 0 Å². The lowest BCUT2D eigenvalue weighted by atomic mass is 10.1. The number of nitrogens with zero attached hydrogens (tertiary/aromatic N) is 1. The Morgan fingerprint density at radius 1 is 1.00 bits per heavy atom. The van der Waals surface area contributed by atoms with Crippen LogP contribution in [0.2, 0.25) is 0 Å². The van der Waals surface area contributed by atoms with E-state index >= 15 is 0 Å². The Morgan fingerprint density at radius 2 is 1.72 bits per heavy atom. The van der Waals surface area contributed by atoms with E-state index in [1.165, 1.54) is 30.5 Å². The van der Waals surface area contributed by atoms with Crippen molar-refractivity contribution in [2.45, 2.75) is 39.2 Å². The van der Waals surface area contributed by atoms with Crippen LogP contribution in [-0.4, -0.2) is 25.0 Å². The summed E-state index contributed by atoms with van der Waals surface area (Å²) in [5.41, 5.74) is 4.21. The lowest BCUT2D eigenvalue weighted by Crippen LogP contribution is -2.32. The van der Waals surface area contributed by atoms with Crippen LogP contribution in [0, 0.1) is 6.92 Å². The van der Waals surface area contributed by atoms with Gasteiger partial charge in [-0.1, -0.05) is 12.1 Å². The van der Waals surface area contributed by atoms with E-state index in [2.05, 4.69) is 27.7 Å². The van der Waals surface area contributed by atoms with Gasteiger partial charge in [0.2, 0.25) is 5.91 Å². The van der Waals surface area contributed by atoms with Crippen molar-refractivity contribution in [1.29, 1.82) is 0 Å². The monoisotopic (exact) mass is 337 g/mol. The third-order valence-electron chi connectivity index (χ3n) is 4.65. The molecule has 0 radical (unpaired) electrons. The first-order chi connectivity index (χ1) is 12.1. The Hall–Kier alpha value is -2.49. The van der Waals surface area contributed by atoms with Crippen molar-refractivity contribution in [3.63, 3.8) is 0 Å². The second-order valence-corrected chi connectivity index (χ2v) is 6.82.